The third kappa shape index (κ3) is 3.00. The number of hydrogen-bond acceptors (Lipinski definition) is 0. The van der Waals surface area contributed by atoms with E-state index >= 15 is 0 Å². The van der Waals surface area contributed by atoms with Crippen molar-refractivity contribution in [3.8, 4) is 0 Å². The summed E-state index contributed by atoms with van der Waals surface area (Å²) in [5.41, 5.74) is 1.35. The van der Waals surface area contributed by atoms with Gasteiger partial charge in [0.05, 0.1) is 0 Å². The molecule has 0 N–H and O–H groups in total. The maximum Gasteiger partial charge on any atom is 0.0480 e. The van der Waals surface area contributed by atoms with Crippen LogP contribution >= 0.6 is 0 Å². The van der Waals surface area contributed by atoms with Gasteiger partial charge in [0.2, 0.25) is 0 Å². The Labute approximate surface area is 104 Å². The minimum absolute atomic E-state index is 0.649. The fourth-order valence-electron chi connectivity index (χ4n) is 2.20. The van der Waals surface area contributed by atoms with Crippen LogP contribution in [0.25, 0.3) is 10.9 Å². The van der Waals surface area contributed by atoms with E-state index in [1.165, 1.54) is 30.2 Å². The first kappa shape index (κ1) is 12.0. The largest absolute Gasteiger partial charge is 0.347 e. The average molecular weight is 227 g/mol. The fourth-order valence-corrected chi connectivity index (χ4v) is 2.20. The fraction of sp³-hybridized carbons (Fsp3) is 0.375. The molecular weight excluding hydrogens is 206 g/mol. The summed E-state index contributed by atoms with van der Waals surface area (Å²) < 4.78 is 2.36. The van der Waals surface area contributed by atoms with Gasteiger partial charge in [0.1, 0.15) is 0 Å². The molecule has 0 aliphatic carbocycles. The van der Waals surface area contributed by atoms with Crippen LogP contribution in [0, 0.1) is 5.92 Å². The van der Waals surface area contributed by atoms with E-state index in [1.54, 1.807) is 0 Å². The van der Waals surface area contributed by atoms with Crippen LogP contribution < -0.4 is 0 Å². The number of aromatic nitrogens is 1. The van der Waals surface area contributed by atoms with Crippen molar-refractivity contribution in [2.45, 2.75) is 32.7 Å². The summed E-state index contributed by atoms with van der Waals surface area (Å²) in [5.74, 6) is 0.649. The zero-order chi connectivity index (χ0) is 12.1. The Morgan fingerprint density at radius 2 is 2.06 bits per heavy atom. The first-order valence-corrected chi connectivity index (χ1v) is 6.47. The van der Waals surface area contributed by atoms with E-state index in [9.17, 15) is 0 Å². The number of fused-ring (bicyclic) bond motifs is 1. The van der Waals surface area contributed by atoms with E-state index in [2.05, 4.69) is 54.6 Å². The van der Waals surface area contributed by atoms with Crippen molar-refractivity contribution >= 4 is 10.9 Å². The number of para-hydroxylation sites is 1. The maximum absolute atomic E-state index is 3.82. The van der Waals surface area contributed by atoms with Crippen LogP contribution in [0.15, 0.2) is 49.2 Å². The molecular formula is C16H21N. The smallest absolute Gasteiger partial charge is 0.0480 e. The zero-order valence-electron chi connectivity index (χ0n) is 10.6. The van der Waals surface area contributed by atoms with Crippen LogP contribution in [0.3, 0.4) is 0 Å². The molecule has 2 aromatic rings. The molecule has 0 amide bonds. The van der Waals surface area contributed by atoms with Gasteiger partial charge in [-0.2, -0.15) is 0 Å². The number of unbranched alkanes of at least 4 members (excludes halogenated alkanes) is 1. The van der Waals surface area contributed by atoms with E-state index in [0.29, 0.717) is 5.92 Å². The molecule has 0 saturated heterocycles. The van der Waals surface area contributed by atoms with Gasteiger partial charge in [-0.25, -0.2) is 0 Å². The highest BCUT2D eigenvalue weighted by Gasteiger charge is 2.00. The summed E-state index contributed by atoms with van der Waals surface area (Å²) in [6.07, 6.45) is 8.02. The van der Waals surface area contributed by atoms with Gasteiger partial charge >= 0.3 is 0 Å². The number of nitrogens with zero attached hydrogens (tertiary/aromatic N) is 1. The first-order chi connectivity index (χ1) is 8.31. The average Bonchev–Trinajstić information content (AvgIpc) is 2.78. The lowest BCUT2D eigenvalue weighted by molar-refractivity contribution is 0.544. The van der Waals surface area contributed by atoms with E-state index in [1.807, 2.05) is 6.08 Å². The predicted octanol–water partition coefficient (Wildman–Crippen LogP) is 4.63. The molecule has 0 aliphatic rings. The van der Waals surface area contributed by atoms with Crippen molar-refractivity contribution in [2.75, 3.05) is 0 Å². The minimum atomic E-state index is 0.649. The van der Waals surface area contributed by atoms with Crippen LogP contribution in [-0.2, 0) is 6.54 Å². The Hall–Kier alpha value is -1.50. The molecule has 0 radical (unpaired) electrons. The van der Waals surface area contributed by atoms with Gasteiger partial charge in [0.25, 0.3) is 0 Å². The predicted molar refractivity (Wildman–Crippen MR) is 75.2 cm³/mol. The maximum atomic E-state index is 3.82. The molecule has 0 spiro atoms. The van der Waals surface area contributed by atoms with E-state index in [0.717, 1.165) is 6.54 Å². The summed E-state index contributed by atoms with van der Waals surface area (Å²) >= 11 is 0. The van der Waals surface area contributed by atoms with Gasteiger partial charge in [-0.3, -0.25) is 0 Å². The number of benzene rings is 1. The highest BCUT2D eigenvalue weighted by atomic mass is 14.9. The second-order valence-electron chi connectivity index (χ2n) is 4.78. The third-order valence-electron chi connectivity index (χ3n) is 3.39. The topological polar surface area (TPSA) is 4.93 Å². The Bertz CT molecular complexity index is 481. The molecule has 0 saturated carbocycles. The highest BCUT2D eigenvalue weighted by molar-refractivity contribution is 5.79. The Morgan fingerprint density at radius 1 is 1.24 bits per heavy atom. The standard InChI is InChI=1S/C16H21N/c1-3-14(2)8-6-7-12-17-13-11-15-9-4-5-10-16(15)17/h3-5,9-11,13-14H,1,6-8,12H2,2H3/t14-/m1/s1. The molecule has 17 heavy (non-hydrogen) atoms. The van der Waals surface area contributed by atoms with Crippen LogP contribution in [0.4, 0.5) is 0 Å². The molecule has 1 heteroatoms. The van der Waals surface area contributed by atoms with Crippen molar-refractivity contribution in [3.05, 3.63) is 49.2 Å². The summed E-state index contributed by atoms with van der Waals surface area (Å²) in [5, 5.41) is 1.34. The van der Waals surface area contributed by atoms with Crippen molar-refractivity contribution < 1.29 is 0 Å². The Balaban J connectivity index is 1.89. The Kier molecular flexibility index (Phi) is 4.03. The lowest BCUT2D eigenvalue weighted by Gasteiger charge is -2.07. The van der Waals surface area contributed by atoms with E-state index in [4.69, 9.17) is 0 Å². The highest BCUT2D eigenvalue weighted by Crippen LogP contribution is 2.16. The second kappa shape index (κ2) is 5.72. The zero-order valence-corrected chi connectivity index (χ0v) is 10.6. The second-order valence-corrected chi connectivity index (χ2v) is 4.78. The van der Waals surface area contributed by atoms with Gasteiger partial charge in [-0.1, -0.05) is 37.6 Å². The molecule has 1 aromatic heterocycles. The van der Waals surface area contributed by atoms with Gasteiger partial charge in [0.15, 0.2) is 0 Å². The molecule has 1 heterocycles. The third-order valence-corrected chi connectivity index (χ3v) is 3.39. The summed E-state index contributed by atoms with van der Waals surface area (Å²) in [6, 6.07) is 10.8. The number of rotatable bonds is 6. The van der Waals surface area contributed by atoms with Crippen molar-refractivity contribution in [1.82, 2.24) is 4.57 Å². The Morgan fingerprint density at radius 3 is 2.88 bits per heavy atom. The van der Waals surface area contributed by atoms with Gasteiger partial charge in [0, 0.05) is 18.3 Å². The molecule has 1 atom stereocenters. The van der Waals surface area contributed by atoms with Crippen LogP contribution in [0.1, 0.15) is 26.2 Å². The first-order valence-electron chi connectivity index (χ1n) is 6.47. The monoisotopic (exact) mass is 227 g/mol. The van der Waals surface area contributed by atoms with Crippen molar-refractivity contribution in [2.24, 2.45) is 5.92 Å². The lowest BCUT2D eigenvalue weighted by atomic mass is 10.0. The van der Waals surface area contributed by atoms with Crippen LogP contribution in [-0.4, -0.2) is 4.57 Å². The molecule has 0 aliphatic heterocycles. The lowest BCUT2D eigenvalue weighted by Crippen LogP contribution is -1.97. The van der Waals surface area contributed by atoms with Crippen molar-refractivity contribution in [3.63, 3.8) is 0 Å². The molecule has 0 fully saturated rings. The van der Waals surface area contributed by atoms with Gasteiger partial charge in [-0.15, -0.1) is 6.58 Å². The van der Waals surface area contributed by atoms with E-state index < -0.39 is 0 Å². The quantitative estimate of drug-likeness (QED) is 0.500. The number of hydrogen-bond donors (Lipinski definition) is 0. The van der Waals surface area contributed by atoms with Crippen LogP contribution in [0.2, 0.25) is 0 Å². The molecule has 0 bridgehead atoms. The SMILES string of the molecule is C=C[C@@H](C)CCCCn1ccc2ccccc21. The normalized spacial score (nSPS) is 12.8. The van der Waals surface area contributed by atoms with Crippen LogP contribution in [0.5, 0.6) is 0 Å². The van der Waals surface area contributed by atoms with Crippen molar-refractivity contribution in [1.29, 1.82) is 0 Å². The molecule has 0 unspecified atom stereocenters. The molecule has 2 rings (SSSR count). The summed E-state index contributed by atoms with van der Waals surface area (Å²) in [4.78, 5) is 0. The molecule has 90 valence electrons. The molecule has 1 nitrogen and oxygen atoms in total. The summed E-state index contributed by atoms with van der Waals surface area (Å²) in [6.45, 7) is 7.18. The number of aryl methyl sites for hydroxylation is 1. The van der Waals surface area contributed by atoms with Gasteiger partial charge in [-0.05, 0) is 36.3 Å². The minimum Gasteiger partial charge on any atom is -0.347 e. The van der Waals surface area contributed by atoms with E-state index in [-0.39, 0.29) is 0 Å². The number of allylic oxidation sites excluding steroid dienone is 1. The van der Waals surface area contributed by atoms with Gasteiger partial charge < -0.3 is 4.57 Å². The molecule has 1 aromatic carbocycles. The summed E-state index contributed by atoms with van der Waals surface area (Å²) in [7, 11) is 0.